The molecule has 6 aromatic carbocycles. The molecule has 6 aromatic rings. The molecular weight excluding hydrogens is 529 g/mol. The fraction of sp³-hybridized carbons (Fsp3) is 0. The summed E-state index contributed by atoms with van der Waals surface area (Å²) in [6.07, 6.45) is 0. The van der Waals surface area contributed by atoms with E-state index in [1.54, 1.807) is 0 Å². The van der Waals surface area contributed by atoms with E-state index in [0.29, 0.717) is 0 Å². The Labute approximate surface area is 220 Å². The minimum Gasteiger partial charge on any atom is -0.0616 e. The average Bonchev–Trinajstić information content (AvgIpc) is 3.40. The predicted octanol–water partition coefficient (Wildman–Crippen LogP) is 12.4. The van der Waals surface area contributed by atoms with Crippen LogP contribution >= 0.6 is 7.81 Å². The van der Waals surface area contributed by atoms with Crippen LogP contribution in [0.1, 0.15) is 0 Å². The Balaban J connectivity index is 0.000000116. The van der Waals surface area contributed by atoms with Gasteiger partial charge in [-0.25, -0.2) is 0 Å². The van der Waals surface area contributed by atoms with Gasteiger partial charge < -0.3 is 0 Å². The number of halogens is 6. The van der Waals surface area contributed by atoms with Crippen molar-refractivity contribution in [3.63, 3.8) is 0 Å². The van der Waals surface area contributed by atoms with Crippen LogP contribution in [-0.4, -0.2) is 0 Å². The van der Waals surface area contributed by atoms with E-state index >= 15 is 0 Å². The molecule has 7 heteroatoms. The van der Waals surface area contributed by atoms with Gasteiger partial charge in [-0.05, 0) is 66.1 Å². The largest absolute Gasteiger partial charge is 0.0616 e. The van der Waals surface area contributed by atoms with Crippen molar-refractivity contribution in [3.05, 3.63) is 121 Å². The molecule has 0 radical (unpaired) electrons. The SMILES string of the molecule is F[P-](F)(F)(F)(F)F.c1ccc2c(c1)-c1cccc3cccc-2c13.c1ccc2c(c1)-c1cccc3cccc-2c13. The van der Waals surface area contributed by atoms with Gasteiger partial charge in [0, 0.05) is 0 Å². The molecule has 8 rings (SSSR count). The van der Waals surface area contributed by atoms with E-state index in [1.165, 1.54) is 66.1 Å². The van der Waals surface area contributed by atoms with Crippen LogP contribution in [0.2, 0.25) is 0 Å². The standard InChI is InChI=1S/2C16H10.F6P/c2*1-2-8-13-12(7-1)14-9-3-5-11-6-4-10-15(13)16(11)14;1-7(2,3,4,5)6/h2*1-10H;/q;;-1. The van der Waals surface area contributed by atoms with Crippen LogP contribution in [0, 0.1) is 0 Å². The van der Waals surface area contributed by atoms with E-state index in [-0.39, 0.29) is 0 Å². The zero-order chi connectivity index (χ0) is 27.5. The number of hydrogen-bond donors (Lipinski definition) is 0. The van der Waals surface area contributed by atoms with Crippen LogP contribution in [0.15, 0.2) is 121 Å². The van der Waals surface area contributed by atoms with Gasteiger partial charge in [-0.1, -0.05) is 121 Å². The monoisotopic (exact) mass is 549 g/mol. The third-order valence-electron chi connectivity index (χ3n) is 6.82. The van der Waals surface area contributed by atoms with Gasteiger partial charge in [-0.3, -0.25) is 0 Å². The van der Waals surface area contributed by atoms with Crippen molar-refractivity contribution in [2.24, 2.45) is 0 Å². The zero-order valence-corrected chi connectivity index (χ0v) is 21.2. The average molecular weight is 549 g/mol. The third kappa shape index (κ3) is 5.13. The molecule has 0 saturated heterocycles. The quantitative estimate of drug-likeness (QED) is 0.130. The molecule has 0 atom stereocenters. The van der Waals surface area contributed by atoms with Crippen molar-refractivity contribution in [3.8, 4) is 44.5 Å². The maximum Gasteiger partial charge on any atom is -0.00264 e. The summed E-state index contributed by atoms with van der Waals surface area (Å²) in [5.74, 6) is 0. The first-order chi connectivity index (χ1) is 18.3. The van der Waals surface area contributed by atoms with Gasteiger partial charge in [0.15, 0.2) is 0 Å². The van der Waals surface area contributed by atoms with E-state index in [1.807, 2.05) is 0 Å². The predicted molar refractivity (Wildman–Crippen MR) is 150 cm³/mol. The number of rotatable bonds is 0. The molecule has 0 heterocycles. The Bertz CT molecular complexity index is 1650. The number of fused-ring (bicyclic) bond motifs is 6. The molecule has 0 N–H and O–H groups in total. The van der Waals surface area contributed by atoms with Gasteiger partial charge in [-0.2, -0.15) is 0 Å². The van der Waals surface area contributed by atoms with Crippen LogP contribution in [0.5, 0.6) is 0 Å². The van der Waals surface area contributed by atoms with Gasteiger partial charge in [-0.15, -0.1) is 0 Å². The summed E-state index contributed by atoms with van der Waals surface area (Å²) >= 11 is 0. The van der Waals surface area contributed by atoms with E-state index in [2.05, 4.69) is 121 Å². The molecule has 2 aliphatic rings. The molecule has 0 aromatic heterocycles. The molecule has 0 spiro atoms. The Morgan fingerprint density at radius 2 is 0.487 bits per heavy atom. The minimum absolute atomic E-state index is 1.34. The van der Waals surface area contributed by atoms with Crippen LogP contribution in [-0.2, 0) is 0 Å². The summed E-state index contributed by atoms with van der Waals surface area (Å²) < 4.78 is 59.2. The molecule has 39 heavy (non-hydrogen) atoms. The fourth-order valence-electron chi connectivity index (χ4n) is 5.49. The second-order valence-corrected chi connectivity index (χ2v) is 11.4. The Kier molecular flexibility index (Phi) is 5.27. The van der Waals surface area contributed by atoms with E-state index in [9.17, 15) is 25.2 Å². The molecular formula is C32H20F6P-. The maximum atomic E-state index is 9.87. The second-order valence-electron chi connectivity index (χ2n) is 9.47. The van der Waals surface area contributed by atoms with Crippen LogP contribution in [0.25, 0.3) is 66.1 Å². The molecule has 196 valence electrons. The van der Waals surface area contributed by atoms with Crippen LogP contribution in [0.4, 0.5) is 25.2 Å². The van der Waals surface area contributed by atoms with Crippen molar-refractivity contribution >= 4 is 29.4 Å². The van der Waals surface area contributed by atoms with Gasteiger partial charge in [0.2, 0.25) is 0 Å². The van der Waals surface area contributed by atoms with Crippen molar-refractivity contribution in [2.45, 2.75) is 0 Å². The summed E-state index contributed by atoms with van der Waals surface area (Å²) in [5, 5.41) is 5.50. The van der Waals surface area contributed by atoms with Gasteiger partial charge in [0.1, 0.15) is 0 Å². The molecule has 0 nitrogen and oxygen atoms in total. The molecule has 2 aliphatic carbocycles. The molecule has 0 bridgehead atoms. The van der Waals surface area contributed by atoms with Crippen molar-refractivity contribution < 1.29 is 25.2 Å². The molecule has 0 saturated carbocycles. The summed E-state index contributed by atoms with van der Waals surface area (Å²) in [5.41, 5.74) is 11.0. The topological polar surface area (TPSA) is 0 Å². The molecule has 0 unspecified atom stereocenters. The van der Waals surface area contributed by atoms with E-state index in [0.717, 1.165) is 0 Å². The van der Waals surface area contributed by atoms with Crippen molar-refractivity contribution in [1.29, 1.82) is 0 Å². The first-order valence-corrected chi connectivity index (χ1v) is 14.2. The fourth-order valence-corrected chi connectivity index (χ4v) is 5.49. The molecule has 0 amide bonds. The van der Waals surface area contributed by atoms with E-state index < -0.39 is 7.81 Å². The van der Waals surface area contributed by atoms with E-state index in [4.69, 9.17) is 0 Å². The van der Waals surface area contributed by atoms with Crippen LogP contribution in [0.3, 0.4) is 0 Å². The Morgan fingerprint density at radius 3 is 0.718 bits per heavy atom. The summed E-state index contributed by atoms with van der Waals surface area (Å²) in [6.45, 7) is 0. The van der Waals surface area contributed by atoms with Crippen molar-refractivity contribution in [2.75, 3.05) is 0 Å². The summed E-state index contributed by atoms with van der Waals surface area (Å²) in [6, 6.07) is 43.5. The van der Waals surface area contributed by atoms with Gasteiger partial charge in [0.05, 0.1) is 0 Å². The zero-order valence-electron chi connectivity index (χ0n) is 20.3. The van der Waals surface area contributed by atoms with Crippen LogP contribution < -0.4 is 0 Å². The van der Waals surface area contributed by atoms with Gasteiger partial charge >= 0.3 is 33.0 Å². The Hall–Kier alpha value is -4.15. The summed E-state index contributed by atoms with van der Waals surface area (Å²) in [4.78, 5) is 0. The Morgan fingerprint density at radius 1 is 0.282 bits per heavy atom. The van der Waals surface area contributed by atoms with Gasteiger partial charge in [0.25, 0.3) is 0 Å². The molecule has 0 aliphatic heterocycles. The number of hydrogen-bond acceptors (Lipinski definition) is 0. The first-order valence-electron chi connectivity index (χ1n) is 12.1. The first kappa shape index (κ1) is 25.1. The third-order valence-corrected chi connectivity index (χ3v) is 6.82. The summed E-state index contributed by atoms with van der Waals surface area (Å²) in [7, 11) is -10.7. The normalized spacial score (nSPS) is 13.8. The van der Waals surface area contributed by atoms with Crippen molar-refractivity contribution in [1.82, 2.24) is 0 Å². The number of benzene rings is 6. The molecule has 0 fully saturated rings. The minimum atomic E-state index is -10.7. The second kappa shape index (κ2) is 8.17. The smallest absolute Gasteiger partial charge is 0.00264 e. The maximum absolute atomic E-state index is 10.7.